The number of amides is 1. The molecule has 0 aromatic heterocycles. The Morgan fingerprint density at radius 3 is 2.87 bits per heavy atom. The van der Waals surface area contributed by atoms with Crippen molar-refractivity contribution in [1.82, 2.24) is 0 Å². The van der Waals surface area contributed by atoms with Crippen LogP contribution >= 0.6 is 0 Å². The van der Waals surface area contributed by atoms with Gasteiger partial charge in [-0.3, -0.25) is 4.79 Å². The lowest BCUT2D eigenvalue weighted by Crippen LogP contribution is -2.29. The zero-order valence-corrected chi connectivity index (χ0v) is 17.1. The third kappa shape index (κ3) is 5.37. The van der Waals surface area contributed by atoms with Crippen LogP contribution < -0.4 is 14.8 Å². The molecular weight excluding hydrogens is 389 g/mol. The van der Waals surface area contributed by atoms with Crippen LogP contribution in [0, 0.1) is 5.82 Å². The summed E-state index contributed by atoms with van der Waals surface area (Å²) in [5.41, 5.74) is 2.03. The first-order valence-electron chi connectivity index (χ1n) is 9.77. The number of hydrogen-bond acceptors (Lipinski definition) is 5. The quantitative estimate of drug-likeness (QED) is 0.546. The molecular formula is C23H24FNO5. The van der Waals surface area contributed by atoms with E-state index in [0.717, 1.165) is 17.7 Å². The van der Waals surface area contributed by atoms with Gasteiger partial charge in [0.25, 0.3) is 5.91 Å². The summed E-state index contributed by atoms with van der Waals surface area (Å²) in [7, 11) is 0. The highest BCUT2D eigenvalue weighted by molar-refractivity contribution is 5.96. The van der Waals surface area contributed by atoms with Crippen LogP contribution in [-0.2, 0) is 20.7 Å². The first kappa shape index (κ1) is 21.4. The zero-order valence-electron chi connectivity index (χ0n) is 17.1. The van der Waals surface area contributed by atoms with Crippen LogP contribution in [0.4, 0.5) is 10.1 Å². The zero-order chi connectivity index (χ0) is 21.7. The van der Waals surface area contributed by atoms with E-state index < -0.39 is 23.8 Å². The van der Waals surface area contributed by atoms with Crippen molar-refractivity contribution in [2.24, 2.45) is 0 Å². The maximum Gasteiger partial charge on any atom is 0.331 e. The number of anilines is 1. The van der Waals surface area contributed by atoms with E-state index in [1.807, 2.05) is 26.0 Å². The Morgan fingerprint density at radius 1 is 1.33 bits per heavy atom. The Labute approximate surface area is 174 Å². The van der Waals surface area contributed by atoms with Crippen molar-refractivity contribution < 1.29 is 28.2 Å². The van der Waals surface area contributed by atoms with Gasteiger partial charge >= 0.3 is 5.97 Å². The average molecular weight is 413 g/mol. The third-order valence-electron chi connectivity index (χ3n) is 4.48. The highest BCUT2D eigenvalue weighted by Crippen LogP contribution is 2.35. The second-order valence-electron chi connectivity index (χ2n) is 6.98. The Kier molecular flexibility index (Phi) is 6.72. The highest BCUT2D eigenvalue weighted by Gasteiger charge is 2.21. The second-order valence-corrected chi connectivity index (χ2v) is 6.98. The molecule has 30 heavy (non-hydrogen) atoms. The van der Waals surface area contributed by atoms with E-state index in [2.05, 4.69) is 5.32 Å². The van der Waals surface area contributed by atoms with Crippen LogP contribution in [0.25, 0.3) is 6.08 Å². The molecule has 2 aromatic carbocycles. The first-order valence-corrected chi connectivity index (χ1v) is 9.77. The maximum atomic E-state index is 13.2. The normalized spacial score (nSPS) is 15.9. The molecule has 1 heterocycles. The first-order chi connectivity index (χ1) is 14.4. The van der Waals surface area contributed by atoms with Gasteiger partial charge in [-0.1, -0.05) is 6.07 Å². The molecule has 0 bridgehead atoms. The van der Waals surface area contributed by atoms with E-state index in [-0.39, 0.29) is 11.8 Å². The fourth-order valence-corrected chi connectivity index (χ4v) is 3.10. The number of benzene rings is 2. The minimum absolute atomic E-state index is 0.0936. The average Bonchev–Trinajstić information content (AvgIpc) is 3.05. The molecule has 1 aliphatic rings. The summed E-state index contributed by atoms with van der Waals surface area (Å²) in [6.45, 7) is 5.80. The number of nitrogens with one attached hydrogen (secondary N) is 1. The van der Waals surface area contributed by atoms with Crippen molar-refractivity contribution in [3.63, 3.8) is 0 Å². The van der Waals surface area contributed by atoms with E-state index in [9.17, 15) is 14.0 Å². The van der Waals surface area contributed by atoms with E-state index in [1.54, 1.807) is 12.1 Å². The summed E-state index contributed by atoms with van der Waals surface area (Å²) in [4.78, 5) is 24.3. The third-order valence-corrected chi connectivity index (χ3v) is 4.48. The fourth-order valence-electron chi connectivity index (χ4n) is 3.10. The number of fused-ring (bicyclic) bond motifs is 1. The molecule has 0 saturated carbocycles. The lowest BCUT2D eigenvalue weighted by atomic mass is 10.1. The minimum Gasteiger partial charge on any atom is -0.493 e. The summed E-state index contributed by atoms with van der Waals surface area (Å²) >= 11 is 0. The molecule has 2 aromatic rings. The molecule has 0 radical (unpaired) electrons. The van der Waals surface area contributed by atoms with Gasteiger partial charge in [0.05, 0.1) is 6.61 Å². The molecule has 158 valence electrons. The number of carbonyl (C=O) groups is 2. The molecule has 7 heteroatoms. The molecule has 1 amide bonds. The number of rotatable bonds is 7. The van der Waals surface area contributed by atoms with Crippen molar-refractivity contribution in [2.75, 3.05) is 11.9 Å². The van der Waals surface area contributed by atoms with Crippen LogP contribution in [-0.4, -0.2) is 30.7 Å². The van der Waals surface area contributed by atoms with Crippen LogP contribution in [0.15, 0.2) is 42.5 Å². The molecule has 0 aliphatic carbocycles. The molecule has 2 atom stereocenters. The van der Waals surface area contributed by atoms with Gasteiger partial charge in [0.1, 0.15) is 23.4 Å². The molecule has 1 N–H and O–H groups in total. The number of halogens is 1. The van der Waals surface area contributed by atoms with E-state index >= 15 is 0 Å². The van der Waals surface area contributed by atoms with Gasteiger partial charge in [-0.2, -0.15) is 0 Å². The number of hydrogen-bond donors (Lipinski definition) is 1. The smallest absolute Gasteiger partial charge is 0.331 e. The van der Waals surface area contributed by atoms with Crippen LogP contribution in [0.3, 0.4) is 0 Å². The largest absolute Gasteiger partial charge is 0.493 e. The summed E-state index contributed by atoms with van der Waals surface area (Å²) in [6.07, 6.45) is 2.64. The summed E-state index contributed by atoms with van der Waals surface area (Å²) in [5, 5.41) is 2.50. The highest BCUT2D eigenvalue weighted by atomic mass is 19.1. The molecule has 1 aliphatic heterocycles. The van der Waals surface area contributed by atoms with Crippen LogP contribution in [0.5, 0.6) is 11.5 Å². The Morgan fingerprint density at radius 2 is 2.13 bits per heavy atom. The van der Waals surface area contributed by atoms with Gasteiger partial charge < -0.3 is 19.5 Å². The van der Waals surface area contributed by atoms with E-state index in [0.29, 0.717) is 17.9 Å². The van der Waals surface area contributed by atoms with Gasteiger partial charge in [0.2, 0.25) is 0 Å². The molecule has 0 saturated heterocycles. The van der Waals surface area contributed by atoms with Crippen LogP contribution in [0.1, 0.15) is 31.9 Å². The van der Waals surface area contributed by atoms with Crippen molar-refractivity contribution in [3.05, 3.63) is 59.4 Å². The Bertz CT molecular complexity index is 972. The SMILES string of the molecule is CCOc1cc2c(cc1/C=C/C(=O)O[C@@H](C)C(=O)Nc1cccc(F)c1)O[C@@H](C)C2. The Balaban J connectivity index is 1.64. The fraction of sp³-hybridized carbons (Fsp3) is 0.304. The maximum absolute atomic E-state index is 13.2. The monoisotopic (exact) mass is 413 g/mol. The van der Waals surface area contributed by atoms with Gasteiger partial charge in [-0.25, -0.2) is 9.18 Å². The number of carbonyl (C=O) groups excluding carboxylic acids is 2. The Hall–Kier alpha value is -3.35. The van der Waals surface area contributed by atoms with E-state index in [4.69, 9.17) is 14.2 Å². The lowest BCUT2D eigenvalue weighted by Gasteiger charge is -2.13. The topological polar surface area (TPSA) is 73.9 Å². The van der Waals surface area contributed by atoms with Crippen LogP contribution in [0.2, 0.25) is 0 Å². The molecule has 0 spiro atoms. The van der Waals surface area contributed by atoms with Crippen molar-refractivity contribution in [2.45, 2.75) is 39.4 Å². The minimum atomic E-state index is -1.05. The van der Waals surface area contributed by atoms with Crippen molar-refractivity contribution >= 4 is 23.6 Å². The van der Waals surface area contributed by atoms with Gasteiger partial charge in [0, 0.05) is 29.3 Å². The van der Waals surface area contributed by atoms with Crippen molar-refractivity contribution in [3.8, 4) is 11.5 Å². The van der Waals surface area contributed by atoms with Gasteiger partial charge in [-0.15, -0.1) is 0 Å². The molecule has 0 fully saturated rings. The van der Waals surface area contributed by atoms with Gasteiger partial charge in [0.15, 0.2) is 6.10 Å². The number of esters is 1. The second kappa shape index (κ2) is 9.43. The number of ether oxygens (including phenoxy) is 3. The van der Waals surface area contributed by atoms with Gasteiger partial charge in [-0.05, 0) is 57.2 Å². The predicted molar refractivity (Wildman–Crippen MR) is 111 cm³/mol. The van der Waals surface area contributed by atoms with Crippen molar-refractivity contribution in [1.29, 1.82) is 0 Å². The summed E-state index contributed by atoms with van der Waals surface area (Å²) < 4.78 is 29.8. The summed E-state index contributed by atoms with van der Waals surface area (Å²) in [5.74, 6) is -0.304. The summed E-state index contributed by atoms with van der Waals surface area (Å²) in [6, 6.07) is 9.21. The predicted octanol–water partition coefficient (Wildman–Crippen LogP) is 4.13. The molecule has 0 unspecified atom stereocenters. The lowest BCUT2D eigenvalue weighted by molar-refractivity contribution is -0.148. The molecule has 3 rings (SSSR count). The molecule has 6 nitrogen and oxygen atoms in total. The van der Waals surface area contributed by atoms with E-state index in [1.165, 1.54) is 31.2 Å². The standard InChI is InChI=1S/C23H24FNO5/c1-4-28-20-12-17-10-14(2)29-21(17)11-16(20)8-9-22(26)30-15(3)23(27)25-19-7-5-6-18(24)13-19/h5-9,11-15H,4,10H2,1-3H3,(H,25,27)/b9-8+/t14-,15-/m0/s1.